The number of hydrogen-bond donors (Lipinski definition) is 0. The molecule has 0 unspecified atom stereocenters. The predicted octanol–water partition coefficient (Wildman–Crippen LogP) is 4.01. The molecule has 2 heterocycles. The van der Waals surface area contributed by atoms with Crippen molar-refractivity contribution in [1.82, 2.24) is 14.7 Å². The number of benzene rings is 2. The van der Waals surface area contributed by atoms with Crippen molar-refractivity contribution >= 4 is 10.8 Å². The fraction of sp³-hybridized carbons (Fsp3) is 0.391. The maximum atomic E-state index is 12.6. The summed E-state index contributed by atoms with van der Waals surface area (Å²) in [5.74, 6) is 0.781. The molecule has 1 aromatic heterocycles. The summed E-state index contributed by atoms with van der Waals surface area (Å²) in [7, 11) is 0. The summed E-state index contributed by atoms with van der Waals surface area (Å²) in [6.07, 6.45) is 6.62. The Balaban J connectivity index is 1.31. The molecule has 1 fully saturated rings. The molecule has 0 bridgehead atoms. The van der Waals surface area contributed by atoms with Crippen LogP contribution < -0.4 is 5.56 Å². The van der Waals surface area contributed by atoms with Gasteiger partial charge in [-0.3, -0.25) is 9.69 Å². The summed E-state index contributed by atoms with van der Waals surface area (Å²) in [5, 5.41) is 6.03. The van der Waals surface area contributed by atoms with Gasteiger partial charge in [0, 0.05) is 18.5 Å². The first-order chi connectivity index (χ1) is 13.2. The van der Waals surface area contributed by atoms with Crippen LogP contribution in [0.1, 0.15) is 30.4 Å². The number of aryl methyl sites for hydroxylation is 2. The average molecular weight is 361 g/mol. The lowest BCUT2D eigenvalue weighted by atomic mass is 9.90. The molecule has 0 atom stereocenters. The van der Waals surface area contributed by atoms with E-state index >= 15 is 0 Å². The smallest absolute Gasteiger partial charge is 0.275 e. The summed E-state index contributed by atoms with van der Waals surface area (Å²) < 4.78 is 1.61. The Labute approximate surface area is 160 Å². The zero-order chi connectivity index (χ0) is 18.6. The molecule has 4 nitrogen and oxygen atoms in total. The van der Waals surface area contributed by atoms with E-state index in [9.17, 15) is 4.79 Å². The normalized spacial score (nSPS) is 16.0. The van der Waals surface area contributed by atoms with Crippen LogP contribution >= 0.6 is 0 Å². The van der Waals surface area contributed by atoms with Crippen molar-refractivity contribution in [2.45, 2.75) is 39.3 Å². The van der Waals surface area contributed by atoms with Crippen LogP contribution in [0.3, 0.4) is 0 Å². The number of likely N-dealkylation sites (tertiary alicyclic amines) is 1. The maximum Gasteiger partial charge on any atom is 0.275 e. The topological polar surface area (TPSA) is 38.1 Å². The van der Waals surface area contributed by atoms with Crippen molar-refractivity contribution < 1.29 is 0 Å². The van der Waals surface area contributed by atoms with Crippen LogP contribution in [-0.2, 0) is 13.1 Å². The van der Waals surface area contributed by atoms with Crippen LogP contribution in [0.15, 0.2) is 59.5 Å². The molecular weight excluding hydrogens is 334 g/mol. The van der Waals surface area contributed by atoms with Crippen LogP contribution in [0, 0.1) is 12.8 Å². The van der Waals surface area contributed by atoms with Crippen LogP contribution in [0.5, 0.6) is 0 Å². The monoisotopic (exact) mass is 361 g/mol. The first kappa shape index (κ1) is 17.9. The van der Waals surface area contributed by atoms with E-state index in [1.165, 1.54) is 30.4 Å². The molecule has 4 rings (SSSR count). The van der Waals surface area contributed by atoms with Gasteiger partial charge in [-0.1, -0.05) is 48.0 Å². The number of aromatic nitrogens is 2. The van der Waals surface area contributed by atoms with E-state index in [4.69, 9.17) is 0 Å². The van der Waals surface area contributed by atoms with Gasteiger partial charge < -0.3 is 0 Å². The third kappa shape index (κ3) is 4.28. The number of rotatable bonds is 5. The lowest BCUT2D eigenvalue weighted by Gasteiger charge is -2.31. The predicted molar refractivity (Wildman–Crippen MR) is 110 cm³/mol. The fourth-order valence-electron chi connectivity index (χ4n) is 3.96. The van der Waals surface area contributed by atoms with Crippen LogP contribution in [0.2, 0.25) is 0 Å². The van der Waals surface area contributed by atoms with Gasteiger partial charge in [0.05, 0.1) is 18.3 Å². The van der Waals surface area contributed by atoms with Crippen molar-refractivity contribution in [1.29, 1.82) is 0 Å². The number of hydrogen-bond acceptors (Lipinski definition) is 3. The van der Waals surface area contributed by atoms with Gasteiger partial charge in [0.2, 0.25) is 0 Å². The molecule has 0 N–H and O–H groups in total. The Hall–Kier alpha value is -2.46. The second kappa shape index (κ2) is 8.05. The van der Waals surface area contributed by atoms with Crippen molar-refractivity contribution in [3.8, 4) is 0 Å². The number of piperidine rings is 1. The molecule has 2 aromatic carbocycles. The van der Waals surface area contributed by atoms with Crippen molar-refractivity contribution in [3.05, 3.63) is 76.2 Å². The van der Waals surface area contributed by atoms with Crippen LogP contribution in [0.4, 0.5) is 0 Å². The Morgan fingerprint density at radius 2 is 1.78 bits per heavy atom. The van der Waals surface area contributed by atoms with Gasteiger partial charge in [0.1, 0.15) is 0 Å². The van der Waals surface area contributed by atoms with E-state index in [0.29, 0.717) is 6.67 Å². The van der Waals surface area contributed by atoms with E-state index in [-0.39, 0.29) is 5.56 Å². The molecule has 3 aromatic rings. The van der Waals surface area contributed by atoms with Crippen molar-refractivity contribution in [2.75, 3.05) is 13.1 Å². The lowest BCUT2D eigenvalue weighted by molar-refractivity contribution is 0.135. The standard InChI is InChI=1S/C23H27N3O/c1-18-6-8-19(9-7-18)10-11-20-12-14-25(15-13-20)17-26-23(27)22-5-3-2-4-21(22)16-24-26/h2-9,16,20H,10-15,17H2,1H3. The van der Waals surface area contributed by atoms with Gasteiger partial charge in [-0.15, -0.1) is 0 Å². The second-order valence-corrected chi connectivity index (χ2v) is 7.76. The number of fused-ring (bicyclic) bond motifs is 1. The average Bonchev–Trinajstić information content (AvgIpc) is 2.71. The van der Waals surface area contributed by atoms with Gasteiger partial charge in [-0.25, -0.2) is 4.68 Å². The maximum absolute atomic E-state index is 12.6. The SMILES string of the molecule is Cc1ccc(CCC2CCN(Cn3ncc4ccccc4c3=O)CC2)cc1. The molecule has 0 spiro atoms. The van der Waals surface area contributed by atoms with Gasteiger partial charge in [0.25, 0.3) is 5.56 Å². The van der Waals surface area contributed by atoms with Crippen molar-refractivity contribution in [3.63, 3.8) is 0 Å². The highest BCUT2D eigenvalue weighted by atomic mass is 16.1. The van der Waals surface area contributed by atoms with Crippen LogP contribution in [-0.4, -0.2) is 27.8 Å². The van der Waals surface area contributed by atoms with E-state index in [1.54, 1.807) is 10.9 Å². The third-order valence-electron chi connectivity index (χ3n) is 5.76. The minimum Gasteiger partial charge on any atom is -0.284 e. The largest absolute Gasteiger partial charge is 0.284 e. The molecule has 140 valence electrons. The Bertz CT molecular complexity index is 953. The van der Waals surface area contributed by atoms with Gasteiger partial charge in [0.15, 0.2) is 0 Å². The molecule has 1 aliphatic heterocycles. The van der Waals surface area contributed by atoms with Gasteiger partial charge in [-0.2, -0.15) is 5.10 Å². The summed E-state index contributed by atoms with van der Waals surface area (Å²) in [4.78, 5) is 15.0. The highest BCUT2D eigenvalue weighted by molar-refractivity contribution is 5.80. The molecule has 0 saturated carbocycles. The first-order valence-electron chi connectivity index (χ1n) is 9.92. The summed E-state index contributed by atoms with van der Waals surface area (Å²) >= 11 is 0. The van der Waals surface area contributed by atoms with E-state index in [1.807, 2.05) is 24.3 Å². The molecule has 4 heteroatoms. The quantitative estimate of drug-likeness (QED) is 0.689. The van der Waals surface area contributed by atoms with Crippen molar-refractivity contribution in [2.24, 2.45) is 5.92 Å². The number of nitrogens with zero attached hydrogens (tertiary/aromatic N) is 3. The lowest BCUT2D eigenvalue weighted by Crippen LogP contribution is -2.39. The summed E-state index contributed by atoms with van der Waals surface area (Å²) in [5.41, 5.74) is 2.77. The molecule has 0 radical (unpaired) electrons. The van der Waals surface area contributed by atoms with E-state index in [0.717, 1.165) is 36.2 Å². The highest BCUT2D eigenvalue weighted by Crippen LogP contribution is 2.22. The van der Waals surface area contributed by atoms with Gasteiger partial charge >= 0.3 is 0 Å². The van der Waals surface area contributed by atoms with E-state index in [2.05, 4.69) is 41.2 Å². The summed E-state index contributed by atoms with van der Waals surface area (Å²) in [6.45, 7) is 4.81. The molecule has 1 aliphatic rings. The minimum absolute atomic E-state index is 0.00888. The zero-order valence-electron chi connectivity index (χ0n) is 16.0. The van der Waals surface area contributed by atoms with Crippen LogP contribution in [0.25, 0.3) is 10.8 Å². The Kier molecular flexibility index (Phi) is 5.35. The summed E-state index contributed by atoms with van der Waals surface area (Å²) in [6, 6.07) is 16.6. The Morgan fingerprint density at radius 1 is 1.04 bits per heavy atom. The molecule has 0 aliphatic carbocycles. The Morgan fingerprint density at radius 3 is 2.56 bits per heavy atom. The molecule has 1 saturated heterocycles. The molecule has 27 heavy (non-hydrogen) atoms. The fourth-order valence-corrected chi connectivity index (χ4v) is 3.96. The molecular formula is C23H27N3O. The third-order valence-corrected chi connectivity index (χ3v) is 5.76. The first-order valence-corrected chi connectivity index (χ1v) is 9.92. The van der Waals surface area contributed by atoms with Gasteiger partial charge in [-0.05, 0) is 50.2 Å². The zero-order valence-corrected chi connectivity index (χ0v) is 16.0. The minimum atomic E-state index is 0.00888. The molecule has 0 amide bonds. The highest BCUT2D eigenvalue weighted by Gasteiger charge is 2.20. The van der Waals surface area contributed by atoms with E-state index < -0.39 is 0 Å². The second-order valence-electron chi connectivity index (χ2n) is 7.76.